The molecule has 6 heteroatoms. The van der Waals surface area contributed by atoms with Gasteiger partial charge in [0.05, 0.1) is 12.1 Å². The molecule has 1 amide bonds. The third-order valence-corrected chi connectivity index (χ3v) is 3.88. The number of aliphatic hydroxyl groups excluding tert-OH is 1. The number of carbonyl (C=O) groups excluding carboxylic acids is 1. The van der Waals surface area contributed by atoms with Crippen molar-refractivity contribution in [3.8, 4) is 0 Å². The summed E-state index contributed by atoms with van der Waals surface area (Å²) in [7, 11) is 0. The maximum absolute atomic E-state index is 12.0. The molecule has 2 unspecified atom stereocenters. The van der Waals surface area contributed by atoms with Gasteiger partial charge in [0, 0.05) is 19.3 Å². The fourth-order valence-corrected chi connectivity index (χ4v) is 2.67. The molecule has 6 nitrogen and oxygen atoms in total. The molecule has 1 fully saturated rings. The monoisotopic (exact) mass is 295 g/mol. The first-order valence-corrected chi connectivity index (χ1v) is 7.98. The Bertz CT molecular complexity index is 447. The highest BCUT2D eigenvalue weighted by Gasteiger charge is 2.23. The summed E-state index contributed by atoms with van der Waals surface area (Å²) < 4.78 is 5.11. The fourth-order valence-electron chi connectivity index (χ4n) is 2.67. The van der Waals surface area contributed by atoms with Crippen LogP contribution in [0.4, 0.5) is 0 Å². The number of aliphatic hydroxyl groups is 1. The number of nitrogens with one attached hydrogen (secondary N) is 1. The normalized spacial score (nSPS) is 22.8. The van der Waals surface area contributed by atoms with Crippen molar-refractivity contribution in [3.05, 3.63) is 11.7 Å². The molecule has 1 aromatic rings. The molecule has 0 aromatic carbocycles. The molecular weight excluding hydrogens is 270 g/mol. The molecule has 1 aromatic heterocycles. The van der Waals surface area contributed by atoms with Crippen LogP contribution >= 0.6 is 0 Å². The molecule has 0 bridgehead atoms. The van der Waals surface area contributed by atoms with Crippen LogP contribution in [0.15, 0.2) is 4.52 Å². The van der Waals surface area contributed by atoms with E-state index in [1.165, 1.54) is 0 Å². The Hall–Kier alpha value is -1.43. The number of aryl methyl sites for hydroxylation is 2. The first-order chi connectivity index (χ1) is 10.2. The second-order valence-corrected chi connectivity index (χ2v) is 5.73. The zero-order valence-electron chi connectivity index (χ0n) is 12.7. The van der Waals surface area contributed by atoms with Gasteiger partial charge in [-0.25, -0.2) is 0 Å². The van der Waals surface area contributed by atoms with E-state index in [9.17, 15) is 9.90 Å². The summed E-state index contributed by atoms with van der Waals surface area (Å²) in [6.45, 7) is 2.06. The van der Waals surface area contributed by atoms with Gasteiger partial charge < -0.3 is 14.9 Å². The molecule has 21 heavy (non-hydrogen) atoms. The third kappa shape index (κ3) is 5.12. The summed E-state index contributed by atoms with van der Waals surface area (Å²) in [4.78, 5) is 16.2. The second-order valence-electron chi connectivity index (χ2n) is 5.73. The summed E-state index contributed by atoms with van der Waals surface area (Å²) in [5.74, 6) is 1.15. The van der Waals surface area contributed by atoms with Gasteiger partial charge in [-0.1, -0.05) is 31.3 Å². The van der Waals surface area contributed by atoms with Gasteiger partial charge in [-0.2, -0.15) is 4.98 Å². The average Bonchev–Trinajstić information content (AvgIpc) is 2.82. The van der Waals surface area contributed by atoms with Gasteiger partial charge in [-0.05, 0) is 19.3 Å². The Balaban J connectivity index is 1.75. The minimum atomic E-state index is -0.420. The van der Waals surface area contributed by atoms with E-state index in [1.54, 1.807) is 0 Å². The van der Waals surface area contributed by atoms with E-state index < -0.39 is 6.10 Å². The number of hydrogen-bond donors (Lipinski definition) is 2. The number of nitrogens with zero attached hydrogens (tertiary/aromatic N) is 2. The molecule has 0 spiro atoms. The van der Waals surface area contributed by atoms with Crippen molar-refractivity contribution in [2.75, 3.05) is 0 Å². The first kappa shape index (κ1) is 15.9. The maximum atomic E-state index is 12.0. The van der Waals surface area contributed by atoms with Gasteiger partial charge in [-0.15, -0.1) is 0 Å². The number of rotatable bonds is 6. The molecule has 0 saturated heterocycles. The van der Waals surface area contributed by atoms with Crippen molar-refractivity contribution < 1.29 is 14.4 Å². The topological polar surface area (TPSA) is 88.2 Å². The van der Waals surface area contributed by atoms with Crippen LogP contribution in [0.25, 0.3) is 0 Å². The SMILES string of the molecule is CCCc1noc(CCC(=O)NC2CCCCCC2O)n1. The van der Waals surface area contributed by atoms with Crippen molar-refractivity contribution >= 4 is 5.91 Å². The number of aromatic nitrogens is 2. The van der Waals surface area contributed by atoms with Crippen LogP contribution in [-0.4, -0.2) is 33.3 Å². The highest BCUT2D eigenvalue weighted by molar-refractivity contribution is 5.76. The minimum absolute atomic E-state index is 0.0591. The summed E-state index contributed by atoms with van der Waals surface area (Å²) >= 11 is 0. The Morgan fingerprint density at radius 1 is 1.33 bits per heavy atom. The van der Waals surface area contributed by atoms with Crippen molar-refractivity contribution in [2.24, 2.45) is 0 Å². The minimum Gasteiger partial charge on any atom is -0.391 e. The van der Waals surface area contributed by atoms with E-state index in [2.05, 4.69) is 22.4 Å². The highest BCUT2D eigenvalue weighted by atomic mass is 16.5. The molecule has 2 rings (SSSR count). The summed E-state index contributed by atoms with van der Waals surface area (Å²) in [5.41, 5.74) is 0. The van der Waals surface area contributed by atoms with Gasteiger partial charge in [-0.3, -0.25) is 4.79 Å². The quantitative estimate of drug-likeness (QED) is 0.781. The fraction of sp³-hybridized carbons (Fsp3) is 0.800. The van der Waals surface area contributed by atoms with Crippen LogP contribution in [0.5, 0.6) is 0 Å². The molecule has 0 aliphatic heterocycles. The van der Waals surface area contributed by atoms with E-state index in [1.807, 2.05) is 0 Å². The second kappa shape index (κ2) is 8.12. The predicted octanol–water partition coefficient (Wildman–Crippen LogP) is 1.76. The molecule has 1 aliphatic carbocycles. The van der Waals surface area contributed by atoms with Crippen molar-refractivity contribution in [1.82, 2.24) is 15.5 Å². The van der Waals surface area contributed by atoms with Crippen LogP contribution in [0.2, 0.25) is 0 Å². The lowest BCUT2D eigenvalue weighted by Crippen LogP contribution is -2.42. The van der Waals surface area contributed by atoms with Gasteiger partial charge in [0.25, 0.3) is 0 Å². The van der Waals surface area contributed by atoms with Gasteiger partial charge in [0.1, 0.15) is 0 Å². The average molecular weight is 295 g/mol. The molecule has 1 aliphatic rings. The Morgan fingerprint density at radius 3 is 2.95 bits per heavy atom. The molecular formula is C15H25N3O3. The van der Waals surface area contributed by atoms with Crippen molar-refractivity contribution in [2.45, 2.75) is 76.9 Å². The van der Waals surface area contributed by atoms with E-state index in [-0.39, 0.29) is 11.9 Å². The Labute approximate surface area is 125 Å². The standard InChI is InChI=1S/C15H25N3O3/c1-2-6-13-17-15(21-18-13)10-9-14(20)16-11-7-4-3-5-8-12(11)19/h11-12,19H,2-10H2,1H3,(H,16,20). The van der Waals surface area contributed by atoms with Crippen LogP contribution in [0.3, 0.4) is 0 Å². The summed E-state index contributed by atoms with van der Waals surface area (Å²) in [6.07, 6.45) is 6.97. The summed E-state index contributed by atoms with van der Waals surface area (Å²) in [6, 6.07) is -0.113. The smallest absolute Gasteiger partial charge is 0.227 e. The lowest BCUT2D eigenvalue weighted by molar-refractivity contribution is -0.122. The van der Waals surface area contributed by atoms with Crippen LogP contribution in [0.1, 0.15) is 63.6 Å². The van der Waals surface area contributed by atoms with Crippen LogP contribution in [-0.2, 0) is 17.6 Å². The van der Waals surface area contributed by atoms with Gasteiger partial charge >= 0.3 is 0 Å². The molecule has 118 valence electrons. The molecule has 2 atom stereocenters. The van der Waals surface area contributed by atoms with Crippen LogP contribution in [0, 0.1) is 0 Å². The highest BCUT2D eigenvalue weighted by Crippen LogP contribution is 2.18. The molecule has 2 N–H and O–H groups in total. The molecule has 0 radical (unpaired) electrons. The number of carbonyl (C=O) groups is 1. The number of hydrogen-bond acceptors (Lipinski definition) is 5. The predicted molar refractivity (Wildman–Crippen MR) is 77.6 cm³/mol. The zero-order valence-corrected chi connectivity index (χ0v) is 12.7. The lowest BCUT2D eigenvalue weighted by atomic mass is 10.1. The van der Waals surface area contributed by atoms with Crippen molar-refractivity contribution in [1.29, 1.82) is 0 Å². The molecule has 1 saturated carbocycles. The lowest BCUT2D eigenvalue weighted by Gasteiger charge is -2.21. The largest absolute Gasteiger partial charge is 0.391 e. The van der Waals surface area contributed by atoms with E-state index >= 15 is 0 Å². The van der Waals surface area contributed by atoms with Gasteiger partial charge in [0.2, 0.25) is 11.8 Å². The first-order valence-electron chi connectivity index (χ1n) is 7.98. The zero-order chi connectivity index (χ0) is 15.1. The van der Waals surface area contributed by atoms with Crippen molar-refractivity contribution in [3.63, 3.8) is 0 Å². The Morgan fingerprint density at radius 2 is 2.14 bits per heavy atom. The summed E-state index contributed by atoms with van der Waals surface area (Å²) in [5, 5.41) is 16.8. The maximum Gasteiger partial charge on any atom is 0.227 e. The third-order valence-electron chi connectivity index (χ3n) is 3.88. The van der Waals surface area contributed by atoms with Crippen LogP contribution < -0.4 is 5.32 Å². The van der Waals surface area contributed by atoms with Gasteiger partial charge in [0.15, 0.2) is 5.82 Å². The van der Waals surface area contributed by atoms with E-state index in [4.69, 9.17) is 4.52 Å². The molecule has 1 heterocycles. The number of amides is 1. The van der Waals surface area contributed by atoms with E-state index in [0.717, 1.165) is 44.9 Å². The Kier molecular flexibility index (Phi) is 6.17. The van der Waals surface area contributed by atoms with E-state index in [0.29, 0.717) is 24.6 Å².